The van der Waals surface area contributed by atoms with E-state index in [-0.39, 0.29) is 12.1 Å². The van der Waals surface area contributed by atoms with Crippen molar-refractivity contribution in [3.8, 4) is 12.3 Å². The van der Waals surface area contributed by atoms with E-state index in [1.165, 1.54) is 0 Å². The Balaban J connectivity index is 2.35. The first-order valence-electron chi connectivity index (χ1n) is 4.19. The lowest BCUT2D eigenvalue weighted by Crippen LogP contribution is -2.38. The summed E-state index contributed by atoms with van der Waals surface area (Å²) >= 11 is 0. The van der Waals surface area contributed by atoms with Gasteiger partial charge in [0, 0.05) is 6.61 Å². The summed E-state index contributed by atoms with van der Waals surface area (Å²) in [6.07, 6.45) is 7.84. The van der Waals surface area contributed by atoms with Gasteiger partial charge in [-0.15, -0.1) is 6.42 Å². The summed E-state index contributed by atoms with van der Waals surface area (Å²) in [5, 5.41) is 3.21. The maximum atomic E-state index is 5.45. The fourth-order valence-electron chi connectivity index (χ4n) is 1.38. The maximum absolute atomic E-state index is 5.45. The Morgan fingerprint density at radius 3 is 3.09 bits per heavy atom. The summed E-state index contributed by atoms with van der Waals surface area (Å²) in [4.78, 5) is 0. The van der Waals surface area contributed by atoms with Gasteiger partial charge >= 0.3 is 0 Å². The van der Waals surface area contributed by atoms with Crippen LogP contribution in [0.3, 0.4) is 0 Å². The molecule has 1 aliphatic heterocycles. The minimum atomic E-state index is 0.113. The van der Waals surface area contributed by atoms with Crippen LogP contribution >= 0.6 is 0 Å². The molecule has 0 aliphatic carbocycles. The van der Waals surface area contributed by atoms with E-state index in [4.69, 9.17) is 11.2 Å². The highest BCUT2D eigenvalue weighted by molar-refractivity contribution is 5.03. The fraction of sp³-hybridized carbons (Fsp3) is 0.778. The van der Waals surface area contributed by atoms with Gasteiger partial charge in [-0.1, -0.05) is 12.8 Å². The molecule has 0 aromatic carbocycles. The lowest BCUT2D eigenvalue weighted by atomic mass is 10.1. The van der Waals surface area contributed by atoms with Crippen molar-refractivity contribution in [3.63, 3.8) is 0 Å². The molecule has 0 saturated carbocycles. The average Bonchev–Trinajstić information content (AvgIpc) is 2.52. The van der Waals surface area contributed by atoms with Gasteiger partial charge in [0.15, 0.2) is 0 Å². The van der Waals surface area contributed by atoms with Crippen molar-refractivity contribution >= 4 is 0 Å². The van der Waals surface area contributed by atoms with Gasteiger partial charge in [0.2, 0.25) is 0 Å². The van der Waals surface area contributed by atoms with Gasteiger partial charge in [0.05, 0.1) is 12.1 Å². The molecule has 1 heterocycles. The van der Waals surface area contributed by atoms with Crippen LogP contribution in [0.15, 0.2) is 0 Å². The SMILES string of the molecule is C#CC(NCC)C1CCCO1. The molecule has 1 saturated heterocycles. The topological polar surface area (TPSA) is 21.3 Å². The number of ether oxygens (including phenoxy) is 1. The first-order valence-corrected chi connectivity index (χ1v) is 4.19. The van der Waals surface area contributed by atoms with Crippen LogP contribution in [0.5, 0.6) is 0 Å². The second-order valence-corrected chi connectivity index (χ2v) is 2.75. The zero-order chi connectivity index (χ0) is 8.10. The molecule has 2 unspecified atom stereocenters. The van der Waals surface area contributed by atoms with Crippen molar-refractivity contribution in [1.29, 1.82) is 0 Å². The third kappa shape index (κ3) is 2.21. The van der Waals surface area contributed by atoms with Gasteiger partial charge in [-0.2, -0.15) is 0 Å². The van der Waals surface area contributed by atoms with Crippen LogP contribution in [0.2, 0.25) is 0 Å². The largest absolute Gasteiger partial charge is 0.376 e. The Hall–Kier alpha value is -0.520. The minimum absolute atomic E-state index is 0.113. The molecule has 2 heteroatoms. The minimum Gasteiger partial charge on any atom is -0.376 e. The molecule has 0 aromatic heterocycles. The quantitative estimate of drug-likeness (QED) is 0.605. The van der Waals surface area contributed by atoms with Crippen LogP contribution in [-0.2, 0) is 4.74 Å². The molecule has 2 nitrogen and oxygen atoms in total. The Kier molecular flexibility index (Phi) is 3.41. The van der Waals surface area contributed by atoms with Crippen LogP contribution in [0.1, 0.15) is 19.8 Å². The van der Waals surface area contributed by atoms with Crippen LogP contribution in [-0.4, -0.2) is 25.3 Å². The Morgan fingerprint density at radius 1 is 1.82 bits per heavy atom. The summed E-state index contributed by atoms with van der Waals surface area (Å²) in [6, 6.07) is 0.113. The summed E-state index contributed by atoms with van der Waals surface area (Å²) in [6.45, 7) is 3.84. The van der Waals surface area contributed by atoms with Crippen molar-refractivity contribution in [3.05, 3.63) is 0 Å². The molecular formula is C9H15NO. The molecule has 1 fully saturated rings. The van der Waals surface area contributed by atoms with Crippen molar-refractivity contribution in [2.45, 2.75) is 31.9 Å². The number of hydrogen-bond acceptors (Lipinski definition) is 2. The third-order valence-electron chi connectivity index (χ3n) is 1.94. The van der Waals surface area contributed by atoms with Crippen molar-refractivity contribution < 1.29 is 4.74 Å². The summed E-state index contributed by atoms with van der Waals surface area (Å²) in [7, 11) is 0. The van der Waals surface area contributed by atoms with Crippen LogP contribution in [0, 0.1) is 12.3 Å². The highest BCUT2D eigenvalue weighted by atomic mass is 16.5. The van der Waals surface area contributed by atoms with Gasteiger partial charge < -0.3 is 10.1 Å². The second-order valence-electron chi connectivity index (χ2n) is 2.75. The predicted octanol–water partition coefficient (Wildman–Crippen LogP) is 0.777. The lowest BCUT2D eigenvalue weighted by molar-refractivity contribution is 0.0944. The smallest absolute Gasteiger partial charge is 0.0952 e. The number of terminal acetylenes is 1. The average molecular weight is 153 g/mol. The van der Waals surface area contributed by atoms with Gasteiger partial charge in [0.1, 0.15) is 0 Å². The van der Waals surface area contributed by atoms with Crippen molar-refractivity contribution in [2.75, 3.05) is 13.2 Å². The summed E-state index contributed by atoms with van der Waals surface area (Å²) in [5.74, 6) is 2.71. The van der Waals surface area contributed by atoms with E-state index in [2.05, 4.69) is 18.2 Å². The van der Waals surface area contributed by atoms with Gasteiger partial charge in [-0.25, -0.2) is 0 Å². The van der Waals surface area contributed by atoms with Crippen LogP contribution in [0.25, 0.3) is 0 Å². The maximum Gasteiger partial charge on any atom is 0.0952 e. The first kappa shape index (κ1) is 8.58. The zero-order valence-corrected chi connectivity index (χ0v) is 6.97. The zero-order valence-electron chi connectivity index (χ0n) is 6.97. The summed E-state index contributed by atoms with van der Waals surface area (Å²) in [5.41, 5.74) is 0. The first-order chi connectivity index (χ1) is 5.38. The monoisotopic (exact) mass is 153 g/mol. The Labute approximate surface area is 68.3 Å². The summed E-state index contributed by atoms with van der Waals surface area (Å²) < 4.78 is 5.45. The lowest BCUT2D eigenvalue weighted by Gasteiger charge is -2.17. The highest BCUT2D eigenvalue weighted by Crippen LogP contribution is 2.14. The van der Waals surface area contributed by atoms with Crippen LogP contribution in [0.4, 0.5) is 0 Å². The molecule has 0 bridgehead atoms. The molecule has 0 radical (unpaired) electrons. The molecule has 62 valence electrons. The highest BCUT2D eigenvalue weighted by Gasteiger charge is 2.22. The third-order valence-corrected chi connectivity index (χ3v) is 1.94. The molecule has 1 N–H and O–H groups in total. The normalized spacial score (nSPS) is 26.4. The van der Waals surface area contributed by atoms with E-state index in [1.54, 1.807) is 0 Å². The molecule has 2 atom stereocenters. The van der Waals surface area contributed by atoms with E-state index in [0.29, 0.717) is 0 Å². The molecule has 11 heavy (non-hydrogen) atoms. The number of rotatable bonds is 3. The molecule has 0 amide bonds. The van der Waals surface area contributed by atoms with E-state index >= 15 is 0 Å². The molecule has 0 spiro atoms. The van der Waals surface area contributed by atoms with Gasteiger partial charge in [-0.05, 0) is 19.4 Å². The van der Waals surface area contributed by atoms with E-state index in [1.807, 2.05) is 0 Å². The standard InChI is InChI=1S/C9H15NO/c1-3-8(10-4-2)9-6-5-7-11-9/h1,8-10H,4-7H2,2H3. The number of nitrogens with one attached hydrogen (secondary N) is 1. The van der Waals surface area contributed by atoms with Crippen molar-refractivity contribution in [1.82, 2.24) is 5.32 Å². The van der Waals surface area contributed by atoms with Gasteiger partial charge in [-0.3, -0.25) is 0 Å². The predicted molar refractivity (Wildman–Crippen MR) is 45.3 cm³/mol. The van der Waals surface area contributed by atoms with E-state index in [9.17, 15) is 0 Å². The molecule has 1 aliphatic rings. The van der Waals surface area contributed by atoms with Crippen molar-refractivity contribution in [2.24, 2.45) is 0 Å². The Morgan fingerprint density at radius 2 is 2.64 bits per heavy atom. The van der Waals surface area contributed by atoms with E-state index in [0.717, 1.165) is 26.0 Å². The van der Waals surface area contributed by atoms with E-state index < -0.39 is 0 Å². The molecule has 0 aromatic rings. The number of hydrogen-bond donors (Lipinski definition) is 1. The molecular weight excluding hydrogens is 138 g/mol. The molecule has 1 rings (SSSR count). The van der Waals surface area contributed by atoms with Crippen LogP contribution < -0.4 is 5.32 Å². The second kappa shape index (κ2) is 4.38. The fourth-order valence-corrected chi connectivity index (χ4v) is 1.38. The Bertz CT molecular complexity index is 144. The number of likely N-dealkylation sites (N-methyl/N-ethyl adjacent to an activating group) is 1. The van der Waals surface area contributed by atoms with Gasteiger partial charge in [0.25, 0.3) is 0 Å².